The predicted molar refractivity (Wildman–Crippen MR) is 71.7 cm³/mol. The van der Waals surface area contributed by atoms with Crippen molar-refractivity contribution in [3.05, 3.63) is 42.1 Å². The van der Waals surface area contributed by atoms with Crippen LogP contribution in [0, 0.1) is 5.41 Å². The zero-order valence-electron chi connectivity index (χ0n) is 11.0. The first-order chi connectivity index (χ1) is 8.99. The molecular formula is C15H16N2O2. The fourth-order valence-electron chi connectivity index (χ4n) is 2.99. The van der Waals surface area contributed by atoms with Gasteiger partial charge in [-0.05, 0) is 17.4 Å². The van der Waals surface area contributed by atoms with Gasteiger partial charge in [0.15, 0.2) is 0 Å². The van der Waals surface area contributed by atoms with Gasteiger partial charge in [0, 0.05) is 5.56 Å². The highest BCUT2D eigenvalue weighted by atomic mass is 16.4. The van der Waals surface area contributed by atoms with E-state index in [1.807, 2.05) is 44.2 Å². The van der Waals surface area contributed by atoms with Crippen LogP contribution in [-0.2, 0) is 10.2 Å². The SMILES string of the molecule is CC1(C)CC1(C(=O)O)c1cn[nH]c1-c1ccccc1. The van der Waals surface area contributed by atoms with E-state index in [2.05, 4.69) is 10.2 Å². The van der Waals surface area contributed by atoms with Crippen LogP contribution >= 0.6 is 0 Å². The second-order valence-electron chi connectivity index (χ2n) is 5.80. The van der Waals surface area contributed by atoms with E-state index >= 15 is 0 Å². The highest BCUT2D eigenvalue weighted by Gasteiger charge is 2.68. The van der Waals surface area contributed by atoms with Gasteiger partial charge in [-0.25, -0.2) is 0 Å². The first kappa shape index (κ1) is 12.0. The number of aliphatic carboxylic acids is 1. The van der Waals surface area contributed by atoms with E-state index in [0.29, 0.717) is 6.42 Å². The molecular weight excluding hydrogens is 240 g/mol. The molecule has 4 heteroatoms. The minimum Gasteiger partial charge on any atom is -0.481 e. The monoisotopic (exact) mass is 256 g/mol. The molecule has 19 heavy (non-hydrogen) atoms. The van der Waals surface area contributed by atoms with Crippen molar-refractivity contribution >= 4 is 5.97 Å². The Bertz CT molecular complexity index is 631. The number of benzene rings is 1. The molecule has 4 nitrogen and oxygen atoms in total. The maximum Gasteiger partial charge on any atom is 0.314 e. The third-order valence-corrected chi connectivity index (χ3v) is 4.26. The lowest BCUT2D eigenvalue weighted by Gasteiger charge is -2.16. The molecule has 1 aromatic carbocycles. The maximum atomic E-state index is 11.7. The smallest absolute Gasteiger partial charge is 0.314 e. The quantitative estimate of drug-likeness (QED) is 0.887. The van der Waals surface area contributed by atoms with Gasteiger partial charge < -0.3 is 5.11 Å². The molecule has 3 rings (SSSR count). The minimum absolute atomic E-state index is 0.230. The number of hydrogen-bond acceptors (Lipinski definition) is 2. The van der Waals surface area contributed by atoms with E-state index in [9.17, 15) is 9.90 Å². The topological polar surface area (TPSA) is 66.0 Å². The van der Waals surface area contributed by atoms with Crippen molar-refractivity contribution in [1.82, 2.24) is 10.2 Å². The molecule has 0 aliphatic heterocycles. The third-order valence-electron chi connectivity index (χ3n) is 4.26. The summed E-state index contributed by atoms with van der Waals surface area (Å²) in [6.07, 6.45) is 2.31. The number of H-pyrrole nitrogens is 1. The number of hydrogen-bond donors (Lipinski definition) is 2. The Morgan fingerprint density at radius 3 is 2.47 bits per heavy atom. The van der Waals surface area contributed by atoms with Crippen LogP contribution in [-0.4, -0.2) is 21.3 Å². The summed E-state index contributed by atoms with van der Waals surface area (Å²) < 4.78 is 0. The van der Waals surface area contributed by atoms with E-state index in [1.54, 1.807) is 6.20 Å². The molecule has 0 amide bonds. The van der Waals surface area contributed by atoms with Crippen molar-refractivity contribution in [3.8, 4) is 11.3 Å². The van der Waals surface area contributed by atoms with Gasteiger partial charge in [0.1, 0.15) is 5.41 Å². The summed E-state index contributed by atoms with van der Waals surface area (Å²) in [6.45, 7) is 3.98. The number of aromatic nitrogens is 2. The summed E-state index contributed by atoms with van der Waals surface area (Å²) in [7, 11) is 0. The molecule has 1 aliphatic carbocycles. The molecule has 1 atom stereocenters. The molecule has 1 aliphatic rings. The lowest BCUT2D eigenvalue weighted by Crippen LogP contribution is -2.25. The Balaban J connectivity index is 2.14. The Morgan fingerprint density at radius 2 is 1.95 bits per heavy atom. The lowest BCUT2D eigenvalue weighted by atomic mass is 9.87. The summed E-state index contributed by atoms with van der Waals surface area (Å²) >= 11 is 0. The van der Waals surface area contributed by atoms with Gasteiger partial charge in [0.2, 0.25) is 0 Å². The Morgan fingerprint density at radius 1 is 1.32 bits per heavy atom. The first-order valence-corrected chi connectivity index (χ1v) is 6.32. The number of nitrogens with zero attached hydrogens (tertiary/aromatic N) is 1. The average Bonchev–Trinajstić information content (AvgIpc) is 2.77. The van der Waals surface area contributed by atoms with Crippen molar-refractivity contribution in [2.75, 3.05) is 0 Å². The van der Waals surface area contributed by atoms with Gasteiger partial charge >= 0.3 is 5.97 Å². The van der Waals surface area contributed by atoms with Gasteiger partial charge in [-0.1, -0.05) is 44.2 Å². The van der Waals surface area contributed by atoms with E-state index in [1.165, 1.54) is 0 Å². The molecule has 1 fully saturated rings. The number of rotatable bonds is 3. The van der Waals surface area contributed by atoms with Crippen molar-refractivity contribution in [2.24, 2.45) is 5.41 Å². The molecule has 2 aromatic rings. The van der Waals surface area contributed by atoms with Crippen LogP contribution in [0.1, 0.15) is 25.8 Å². The van der Waals surface area contributed by atoms with Crippen LogP contribution in [0.2, 0.25) is 0 Å². The van der Waals surface area contributed by atoms with Crippen LogP contribution in [0.4, 0.5) is 0 Å². The fraction of sp³-hybridized carbons (Fsp3) is 0.333. The van der Waals surface area contributed by atoms with E-state index in [-0.39, 0.29) is 5.41 Å². The molecule has 1 unspecified atom stereocenters. The highest BCUT2D eigenvalue weighted by Crippen LogP contribution is 2.65. The van der Waals surface area contributed by atoms with Crippen LogP contribution in [0.3, 0.4) is 0 Å². The third kappa shape index (κ3) is 1.52. The van der Waals surface area contributed by atoms with Crippen LogP contribution in [0.5, 0.6) is 0 Å². The fourth-order valence-corrected chi connectivity index (χ4v) is 2.99. The van der Waals surface area contributed by atoms with E-state index < -0.39 is 11.4 Å². The second kappa shape index (κ2) is 3.70. The summed E-state index contributed by atoms with van der Waals surface area (Å²) in [5, 5.41) is 16.7. The molecule has 0 saturated heterocycles. The zero-order valence-corrected chi connectivity index (χ0v) is 11.0. The normalized spacial score (nSPS) is 24.1. The largest absolute Gasteiger partial charge is 0.481 e. The average molecular weight is 256 g/mol. The van der Waals surface area contributed by atoms with Crippen molar-refractivity contribution < 1.29 is 9.90 Å². The number of carbonyl (C=O) groups is 1. The number of carboxylic acids is 1. The summed E-state index contributed by atoms with van der Waals surface area (Å²) in [4.78, 5) is 11.7. The predicted octanol–water partition coefficient (Wildman–Crippen LogP) is 2.83. The van der Waals surface area contributed by atoms with Crippen molar-refractivity contribution in [3.63, 3.8) is 0 Å². The van der Waals surface area contributed by atoms with E-state index in [0.717, 1.165) is 16.8 Å². The van der Waals surface area contributed by atoms with Gasteiger partial charge in [0.05, 0.1) is 11.9 Å². The number of aromatic amines is 1. The Hall–Kier alpha value is -2.10. The molecule has 0 bridgehead atoms. The Labute approximate surface area is 111 Å². The standard InChI is InChI=1S/C15H16N2O2/c1-14(2)9-15(14,13(18)19)11-8-16-17-12(11)10-6-4-3-5-7-10/h3-8H,9H2,1-2H3,(H,16,17)(H,18,19). The Kier molecular flexibility index (Phi) is 2.33. The van der Waals surface area contributed by atoms with E-state index in [4.69, 9.17) is 0 Å². The molecule has 1 aromatic heterocycles. The van der Waals surface area contributed by atoms with Gasteiger partial charge in [-0.15, -0.1) is 0 Å². The molecule has 98 valence electrons. The molecule has 2 N–H and O–H groups in total. The first-order valence-electron chi connectivity index (χ1n) is 6.32. The van der Waals surface area contributed by atoms with Crippen LogP contribution < -0.4 is 0 Å². The molecule has 0 spiro atoms. The van der Waals surface area contributed by atoms with Crippen LogP contribution in [0.25, 0.3) is 11.3 Å². The number of carboxylic acid groups (broad SMARTS) is 1. The number of nitrogens with one attached hydrogen (secondary N) is 1. The molecule has 1 heterocycles. The summed E-state index contributed by atoms with van der Waals surface area (Å²) in [6, 6.07) is 9.73. The summed E-state index contributed by atoms with van der Waals surface area (Å²) in [5.41, 5.74) is 1.53. The highest BCUT2D eigenvalue weighted by molar-refractivity contribution is 5.89. The lowest BCUT2D eigenvalue weighted by molar-refractivity contribution is -0.141. The van der Waals surface area contributed by atoms with Crippen LogP contribution in [0.15, 0.2) is 36.5 Å². The van der Waals surface area contributed by atoms with Gasteiger partial charge in [-0.3, -0.25) is 9.89 Å². The van der Waals surface area contributed by atoms with Crippen molar-refractivity contribution in [2.45, 2.75) is 25.7 Å². The minimum atomic E-state index is -0.814. The molecule has 0 radical (unpaired) electrons. The zero-order chi connectivity index (χ0) is 13.7. The van der Waals surface area contributed by atoms with Gasteiger partial charge in [0.25, 0.3) is 0 Å². The maximum absolute atomic E-state index is 11.7. The van der Waals surface area contributed by atoms with Gasteiger partial charge in [-0.2, -0.15) is 5.10 Å². The summed E-state index contributed by atoms with van der Waals surface area (Å²) in [5.74, 6) is -0.768. The molecule has 1 saturated carbocycles. The second-order valence-corrected chi connectivity index (χ2v) is 5.80. The van der Waals surface area contributed by atoms with Crippen molar-refractivity contribution in [1.29, 1.82) is 0 Å².